The number of aromatic nitrogens is 1. The normalized spacial score (nSPS) is 12.4. The van der Waals surface area contributed by atoms with Crippen LogP contribution in [0.5, 0.6) is 0 Å². The van der Waals surface area contributed by atoms with Crippen LogP contribution in [-0.4, -0.2) is 4.57 Å². The van der Waals surface area contributed by atoms with Gasteiger partial charge in [0.15, 0.2) is 4.80 Å². The monoisotopic (exact) mass is 212 g/mol. The average Bonchev–Trinajstić information content (AvgIpc) is 2.30. The lowest BCUT2D eigenvalue weighted by molar-refractivity contribution is 0.506. The maximum absolute atomic E-state index is 7.85. The Kier molecular flexibility index (Phi) is 3.20. The largest absolute Gasteiger partial charge is 0.324 e. The van der Waals surface area contributed by atoms with Gasteiger partial charge in [0, 0.05) is 17.6 Å². The number of rotatable bonds is 2. The third-order valence-electron chi connectivity index (χ3n) is 2.04. The predicted octanol–water partition coefficient (Wildman–Crippen LogP) is 2.98. The van der Waals surface area contributed by atoms with Crippen LogP contribution in [-0.2, 0) is 12.0 Å². The van der Waals surface area contributed by atoms with Crippen LogP contribution in [0.15, 0.2) is 6.20 Å². The zero-order valence-electron chi connectivity index (χ0n) is 9.72. The molecule has 0 amide bonds. The summed E-state index contributed by atoms with van der Waals surface area (Å²) in [5.74, 6) is 0.603. The van der Waals surface area contributed by atoms with Gasteiger partial charge in [0.2, 0.25) is 0 Å². The Balaban J connectivity index is 3.00. The van der Waals surface area contributed by atoms with Gasteiger partial charge < -0.3 is 4.57 Å². The molecule has 0 fully saturated rings. The fourth-order valence-corrected chi connectivity index (χ4v) is 2.20. The Labute approximate surface area is 90.1 Å². The molecule has 1 heterocycles. The molecule has 3 heteroatoms. The van der Waals surface area contributed by atoms with E-state index in [1.54, 1.807) is 11.3 Å². The molecule has 1 N–H and O–H groups in total. The van der Waals surface area contributed by atoms with Crippen LogP contribution in [0.2, 0.25) is 0 Å². The van der Waals surface area contributed by atoms with Crippen molar-refractivity contribution in [1.82, 2.24) is 4.57 Å². The van der Waals surface area contributed by atoms with Crippen LogP contribution < -0.4 is 4.80 Å². The Morgan fingerprint density at radius 3 is 2.36 bits per heavy atom. The van der Waals surface area contributed by atoms with E-state index < -0.39 is 0 Å². The SMILES string of the molecule is CC(C)Cn1cc(C(C)(C)C)sc1=N. The van der Waals surface area contributed by atoms with Crippen molar-refractivity contribution in [3.05, 3.63) is 15.9 Å². The van der Waals surface area contributed by atoms with Crippen molar-refractivity contribution in [1.29, 1.82) is 5.41 Å². The lowest BCUT2D eigenvalue weighted by Gasteiger charge is -2.14. The highest BCUT2D eigenvalue weighted by Gasteiger charge is 2.17. The highest BCUT2D eigenvalue weighted by atomic mass is 32.1. The Bertz CT molecular complexity index is 352. The van der Waals surface area contributed by atoms with Crippen molar-refractivity contribution in [3.8, 4) is 0 Å². The predicted molar refractivity (Wildman–Crippen MR) is 61.7 cm³/mol. The van der Waals surface area contributed by atoms with Gasteiger partial charge in [0.25, 0.3) is 0 Å². The summed E-state index contributed by atoms with van der Waals surface area (Å²) in [6, 6.07) is 0. The molecule has 0 saturated carbocycles. The molecular formula is C11H20N2S. The Morgan fingerprint density at radius 2 is 2.00 bits per heavy atom. The third kappa shape index (κ3) is 2.71. The first-order valence-corrected chi connectivity index (χ1v) is 5.87. The molecule has 80 valence electrons. The van der Waals surface area contributed by atoms with Gasteiger partial charge in [0.05, 0.1) is 0 Å². The van der Waals surface area contributed by atoms with Crippen molar-refractivity contribution in [2.75, 3.05) is 0 Å². The fourth-order valence-electron chi connectivity index (χ4n) is 1.27. The molecule has 0 bridgehead atoms. The van der Waals surface area contributed by atoms with Gasteiger partial charge in [-0.2, -0.15) is 0 Å². The smallest absolute Gasteiger partial charge is 0.182 e. The van der Waals surface area contributed by atoms with Gasteiger partial charge in [-0.25, -0.2) is 0 Å². The lowest BCUT2D eigenvalue weighted by atomic mass is 9.95. The minimum absolute atomic E-state index is 0.169. The molecule has 1 aromatic rings. The van der Waals surface area contributed by atoms with Gasteiger partial charge in [-0.3, -0.25) is 5.41 Å². The summed E-state index contributed by atoms with van der Waals surface area (Å²) in [7, 11) is 0. The zero-order chi connectivity index (χ0) is 10.9. The summed E-state index contributed by atoms with van der Waals surface area (Å²) in [5.41, 5.74) is 0.169. The maximum Gasteiger partial charge on any atom is 0.182 e. The van der Waals surface area contributed by atoms with Crippen LogP contribution in [0.4, 0.5) is 0 Å². The molecule has 0 aliphatic rings. The van der Waals surface area contributed by atoms with E-state index in [-0.39, 0.29) is 5.41 Å². The number of thiazole rings is 1. The molecule has 0 radical (unpaired) electrons. The molecule has 0 saturated heterocycles. The molecule has 0 unspecified atom stereocenters. The van der Waals surface area contributed by atoms with Gasteiger partial charge in [-0.1, -0.05) is 34.6 Å². The number of hydrogen-bond donors (Lipinski definition) is 1. The topological polar surface area (TPSA) is 28.8 Å². The average molecular weight is 212 g/mol. The van der Waals surface area contributed by atoms with Crippen LogP contribution >= 0.6 is 11.3 Å². The Morgan fingerprint density at radius 1 is 1.43 bits per heavy atom. The van der Waals surface area contributed by atoms with Gasteiger partial charge in [-0.05, 0) is 11.3 Å². The third-order valence-corrected chi connectivity index (χ3v) is 3.41. The van der Waals surface area contributed by atoms with Crippen molar-refractivity contribution in [2.45, 2.75) is 46.6 Å². The summed E-state index contributed by atoms with van der Waals surface area (Å²) in [5, 5.41) is 7.85. The van der Waals surface area contributed by atoms with E-state index in [1.165, 1.54) is 4.88 Å². The lowest BCUT2D eigenvalue weighted by Crippen LogP contribution is -2.15. The summed E-state index contributed by atoms with van der Waals surface area (Å²) < 4.78 is 2.05. The van der Waals surface area contributed by atoms with Crippen LogP contribution in [0.1, 0.15) is 39.5 Å². The molecule has 0 aliphatic carbocycles. The molecule has 0 spiro atoms. The van der Waals surface area contributed by atoms with E-state index in [9.17, 15) is 0 Å². The second-order valence-electron chi connectivity index (χ2n) is 5.20. The van der Waals surface area contributed by atoms with Crippen LogP contribution in [0.3, 0.4) is 0 Å². The van der Waals surface area contributed by atoms with E-state index >= 15 is 0 Å². The molecule has 2 nitrogen and oxygen atoms in total. The molecule has 1 rings (SSSR count). The molecule has 0 aliphatic heterocycles. The van der Waals surface area contributed by atoms with Crippen molar-refractivity contribution < 1.29 is 0 Å². The van der Waals surface area contributed by atoms with Gasteiger partial charge >= 0.3 is 0 Å². The molecule has 1 aromatic heterocycles. The van der Waals surface area contributed by atoms with Crippen LogP contribution in [0, 0.1) is 11.3 Å². The second-order valence-corrected chi connectivity index (χ2v) is 6.23. The number of hydrogen-bond acceptors (Lipinski definition) is 2. The van der Waals surface area contributed by atoms with Crippen LogP contribution in [0.25, 0.3) is 0 Å². The second kappa shape index (κ2) is 3.89. The van der Waals surface area contributed by atoms with Crippen molar-refractivity contribution in [3.63, 3.8) is 0 Å². The fraction of sp³-hybridized carbons (Fsp3) is 0.727. The Hall–Kier alpha value is -0.570. The summed E-state index contributed by atoms with van der Waals surface area (Å²) in [4.78, 5) is 1.96. The zero-order valence-corrected chi connectivity index (χ0v) is 10.5. The first kappa shape index (κ1) is 11.5. The maximum atomic E-state index is 7.85. The highest BCUT2D eigenvalue weighted by Crippen LogP contribution is 2.24. The van der Waals surface area contributed by atoms with E-state index in [0.29, 0.717) is 10.7 Å². The first-order valence-electron chi connectivity index (χ1n) is 5.06. The van der Waals surface area contributed by atoms with E-state index in [1.807, 2.05) is 0 Å². The summed E-state index contributed by atoms with van der Waals surface area (Å²) in [6.07, 6.45) is 2.13. The van der Waals surface area contributed by atoms with E-state index in [4.69, 9.17) is 5.41 Å². The standard InChI is InChI=1S/C11H20N2S/c1-8(2)6-13-7-9(11(3,4)5)14-10(13)12/h7-8,12H,6H2,1-5H3. The van der Waals surface area contributed by atoms with E-state index in [0.717, 1.165) is 6.54 Å². The molecule has 0 atom stereocenters. The summed E-state index contributed by atoms with van der Waals surface area (Å²) >= 11 is 1.59. The van der Waals surface area contributed by atoms with Gasteiger partial charge in [0.1, 0.15) is 0 Å². The number of nitrogens with zero attached hydrogens (tertiary/aromatic N) is 1. The quantitative estimate of drug-likeness (QED) is 0.781. The van der Waals surface area contributed by atoms with Crippen molar-refractivity contribution in [2.24, 2.45) is 5.92 Å². The summed E-state index contributed by atoms with van der Waals surface area (Å²) in [6.45, 7) is 11.9. The van der Waals surface area contributed by atoms with Crippen molar-refractivity contribution >= 4 is 11.3 Å². The van der Waals surface area contributed by atoms with Gasteiger partial charge in [-0.15, -0.1) is 11.3 Å². The minimum atomic E-state index is 0.169. The molecule has 0 aromatic carbocycles. The van der Waals surface area contributed by atoms with E-state index in [2.05, 4.69) is 45.4 Å². The molecule has 14 heavy (non-hydrogen) atoms. The number of nitrogens with one attached hydrogen (secondary N) is 1. The highest BCUT2D eigenvalue weighted by molar-refractivity contribution is 7.09. The molecular weight excluding hydrogens is 192 g/mol. The first-order chi connectivity index (χ1) is 6.30. The minimum Gasteiger partial charge on any atom is -0.324 e.